The van der Waals surface area contributed by atoms with Gasteiger partial charge in [-0.2, -0.15) is 0 Å². The smallest absolute Gasteiger partial charge is 0.303 e. The molecule has 0 heterocycles. The first-order valence-electron chi connectivity index (χ1n) is 3.91. The first kappa shape index (κ1) is 8.31. The van der Waals surface area contributed by atoms with Gasteiger partial charge in [-0.15, -0.1) is 0 Å². The van der Waals surface area contributed by atoms with Crippen LogP contribution >= 0.6 is 0 Å². The molecule has 0 aliphatic heterocycles. The summed E-state index contributed by atoms with van der Waals surface area (Å²) in [5, 5.41) is 0. The summed E-state index contributed by atoms with van der Waals surface area (Å²) in [4.78, 5) is 10.7. The van der Waals surface area contributed by atoms with Crippen LogP contribution in [0.25, 0.3) is 0 Å². The van der Waals surface area contributed by atoms with Gasteiger partial charge in [0.25, 0.3) is 0 Å². The molecule has 0 spiro atoms. The maximum Gasteiger partial charge on any atom is 0.303 e. The standard InChI is InChI=1S/C9H14O2/c1-4-9(3,8-5-6-8)11-7(2)10/h4,8H,1,5-6H2,2-3H3. The average molecular weight is 154 g/mol. The average Bonchev–Trinajstić information content (AvgIpc) is 2.66. The number of ether oxygens (including phenoxy) is 1. The lowest BCUT2D eigenvalue weighted by molar-refractivity contribution is -0.152. The number of carbonyl (C=O) groups excluding carboxylic acids is 1. The van der Waals surface area contributed by atoms with Gasteiger partial charge in [-0.05, 0) is 25.8 Å². The van der Waals surface area contributed by atoms with Crippen molar-refractivity contribution in [3.63, 3.8) is 0 Å². The number of esters is 1. The molecule has 0 aromatic heterocycles. The van der Waals surface area contributed by atoms with E-state index in [0.717, 1.165) is 12.8 Å². The van der Waals surface area contributed by atoms with Crippen molar-refractivity contribution in [2.75, 3.05) is 0 Å². The molecule has 62 valence electrons. The predicted octanol–water partition coefficient (Wildman–Crippen LogP) is 1.90. The molecular weight excluding hydrogens is 140 g/mol. The second-order valence-corrected chi connectivity index (χ2v) is 3.26. The summed E-state index contributed by atoms with van der Waals surface area (Å²) < 4.78 is 5.15. The van der Waals surface area contributed by atoms with E-state index in [4.69, 9.17) is 4.74 Å². The van der Waals surface area contributed by atoms with Gasteiger partial charge in [-0.25, -0.2) is 0 Å². The monoisotopic (exact) mass is 154 g/mol. The van der Waals surface area contributed by atoms with Crippen molar-refractivity contribution in [3.05, 3.63) is 12.7 Å². The van der Waals surface area contributed by atoms with Crippen molar-refractivity contribution in [1.29, 1.82) is 0 Å². The molecular formula is C9H14O2. The molecule has 0 aromatic rings. The highest BCUT2D eigenvalue weighted by molar-refractivity contribution is 5.66. The minimum Gasteiger partial charge on any atom is -0.455 e. The summed E-state index contributed by atoms with van der Waals surface area (Å²) >= 11 is 0. The Bertz CT molecular complexity index is 182. The van der Waals surface area contributed by atoms with Gasteiger partial charge in [0.1, 0.15) is 5.60 Å². The zero-order chi connectivity index (χ0) is 8.48. The molecule has 0 saturated heterocycles. The van der Waals surface area contributed by atoms with Crippen LogP contribution in [0.2, 0.25) is 0 Å². The van der Waals surface area contributed by atoms with Crippen LogP contribution in [0.1, 0.15) is 26.7 Å². The van der Waals surface area contributed by atoms with E-state index in [1.54, 1.807) is 6.08 Å². The second kappa shape index (κ2) is 2.68. The molecule has 1 saturated carbocycles. The Balaban J connectivity index is 2.58. The lowest BCUT2D eigenvalue weighted by atomic mass is 10.0. The van der Waals surface area contributed by atoms with E-state index in [2.05, 4.69) is 6.58 Å². The first-order chi connectivity index (χ1) is 5.08. The number of rotatable bonds is 3. The number of hydrogen-bond donors (Lipinski definition) is 0. The van der Waals surface area contributed by atoms with Crippen LogP contribution < -0.4 is 0 Å². The summed E-state index contributed by atoms with van der Waals surface area (Å²) in [6.45, 7) is 7.02. The van der Waals surface area contributed by atoms with Crippen molar-refractivity contribution < 1.29 is 9.53 Å². The summed E-state index contributed by atoms with van der Waals surface area (Å²) in [5.41, 5.74) is -0.411. The van der Waals surface area contributed by atoms with Crippen molar-refractivity contribution in [2.45, 2.75) is 32.3 Å². The molecule has 2 heteroatoms. The molecule has 0 bridgehead atoms. The highest BCUT2D eigenvalue weighted by atomic mass is 16.6. The Morgan fingerprint density at radius 1 is 1.73 bits per heavy atom. The van der Waals surface area contributed by atoms with E-state index >= 15 is 0 Å². The lowest BCUT2D eigenvalue weighted by Gasteiger charge is -2.24. The number of hydrogen-bond acceptors (Lipinski definition) is 2. The summed E-state index contributed by atoms with van der Waals surface area (Å²) in [6.07, 6.45) is 4.03. The van der Waals surface area contributed by atoms with Gasteiger partial charge in [0.15, 0.2) is 0 Å². The van der Waals surface area contributed by atoms with Crippen LogP contribution in [0.5, 0.6) is 0 Å². The first-order valence-corrected chi connectivity index (χ1v) is 3.91. The van der Waals surface area contributed by atoms with Crippen LogP contribution in [0.4, 0.5) is 0 Å². The van der Waals surface area contributed by atoms with Crippen molar-refractivity contribution in [1.82, 2.24) is 0 Å². The maximum absolute atomic E-state index is 10.7. The Labute approximate surface area is 67.2 Å². The fraction of sp³-hybridized carbons (Fsp3) is 0.667. The normalized spacial score (nSPS) is 22.0. The van der Waals surface area contributed by atoms with E-state index in [1.807, 2.05) is 6.92 Å². The quantitative estimate of drug-likeness (QED) is 0.458. The molecule has 1 fully saturated rings. The topological polar surface area (TPSA) is 26.3 Å². The molecule has 1 aliphatic rings. The molecule has 0 aromatic carbocycles. The minimum atomic E-state index is -0.411. The fourth-order valence-electron chi connectivity index (χ4n) is 1.26. The Kier molecular flexibility index (Phi) is 2.03. The third kappa shape index (κ3) is 1.82. The van der Waals surface area contributed by atoms with Crippen molar-refractivity contribution in [3.8, 4) is 0 Å². The van der Waals surface area contributed by atoms with Gasteiger partial charge in [-0.3, -0.25) is 4.79 Å². The van der Waals surface area contributed by atoms with E-state index < -0.39 is 5.60 Å². The van der Waals surface area contributed by atoms with Gasteiger partial charge in [0, 0.05) is 12.8 Å². The molecule has 2 nitrogen and oxygen atoms in total. The molecule has 1 rings (SSSR count). The zero-order valence-corrected chi connectivity index (χ0v) is 7.09. The molecule has 1 unspecified atom stereocenters. The largest absolute Gasteiger partial charge is 0.455 e. The molecule has 1 aliphatic carbocycles. The van der Waals surface area contributed by atoms with Crippen LogP contribution in [-0.4, -0.2) is 11.6 Å². The van der Waals surface area contributed by atoms with Crippen molar-refractivity contribution >= 4 is 5.97 Å². The third-order valence-electron chi connectivity index (χ3n) is 2.16. The lowest BCUT2D eigenvalue weighted by Crippen LogP contribution is -2.30. The Morgan fingerprint density at radius 2 is 2.27 bits per heavy atom. The zero-order valence-electron chi connectivity index (χ0n) is 7.09. The Morgan fingerprint density at radius 3 is 2.55 bits per heavy atom. The van der Waals surface area contributed by atoms with E-state index in [1.165, 1.54) is 6.92 Å². The van der Waals surface area contributed by atoms with Crippen LogP contribution in [0.3, 0.4) is 0 Å². The van der Waals surface area contributed by atoms with Crippen LogP contribution in [0.15, 0.2) is 12.7 Å². The highest BCUT2D eigenvalue weighted by Crippen LogP contribution is 2.42. The SMILES string of the molecule is C=CC(C)(OC(C)=O)C1CC1. The number of carbonyl (C=O) groups is 1. The minimum absolute atomic E-state index is 0.223. The van der Waals surface area contributed by atoms with Gasteiger partial charge in [0.05, 0.1) is 0 Å². The predicted molar refractivity (Wildman–Crippen MR) is 43.1 cm³/mol. The third-order valence-corrected chi connectivity index (χ3v) is 2.16. The molecule has 0 amide bonds. The van der Waals surface area contributed by atoms with E-state index in [9.17, 15) is 4.79 Å². The molecule has 11 heavy (non-hydrogen) atoms. The van der Waals surface area contributed by atoms with Crippen LogP contribution in [0, 0.1) is 5.92 Å². The van der Waals surface area contributed by atoms with E-state index in [0.29, 0.717) is 5.92 Å². The van der Waals surface area contributed by atoms with Crippen LogP contribution in [-0.2, 0) is 9.53 Å². The summed E-state index contributed by atoms with van der Waals surface area (Å²) in [5.74, 6) is 0.281. The van der Waals surface area contributed by atoms with Gasteiger partial charge in [0.2, 0.25) is 0 Å². The second-order valence-electron chi connectivity index (χ2n) is 3.26. The molecule has 0 radical (unpaired) electrons. The van der Waals surface area contributed by atoms with Gasteiger partial charge < -0.3 is 4.74 Å². The van der Waals surface area contributed by atoms with Crippen molar-refractivity contribution in [2.24, 2.45) is 5.92 Å². The van der Waals surface area contributed by atoms with Gasteiger partial charge >= 0.3 is 5.97 Å². The maximum atomic E-state index is 10.7. The summed E-state index contributed by atoms with van der Waals surface area (Å²) in [6, 6.07) is 0. The summed E-state index contributed by atoms with van der Waals surface area (Å²) in [7, 11) is 0. The Hall–Kier alpha value is -0.790. The van der Waals surface area contributed by atoms with E-state index in [-0.39, 0.29) is 5.97 Å². The fourth-order valence-corrected chi connectivity index (χ4v) is 1.26. The molecule has 0 N–H and O–H groups in total. The molecule has 1 atom stereocenters. The highest BCUT2D eigenvalue weighted by Gasteiger charge is 2.41. The van der Waals surface area contributed by atoms with Gasteiger partial charge in [-0.1, -0.05) is 6.58 Å².